The molecular formula is C27H26BrNO4. The summed E-state index contributed by atoms with van der Waals surface area (Å²) in [5, 5.41) is 3.10. The Kier molecular flexibility index (Phi) is 6.27. The second-order valence-corrected chi connectivity index (χ2v) is 9.42. The lowest BCUT2D eigenvalue weighted by Gasteiger charge is -2.34. The molecule has 1 amide bonds. The quantitative estimate of drug-likeness (QED) is 0.449. The molecule has 3 atom stereocenters. The number of rotatable bonds is 4. The Hall–Kier alpha value is -2.99. The molecule has 0 aromatic heterocycles. The highest BCUT2D eigenvalue weighted by Crippen LogP contribution is 2.39. The maximum absolute atomic E-state index is 13.0. The van der Waals surface area contributed by atoms with Gasteiger partial charge in [0.05, 0.1) is 13.2 Å². The van der Waals surface area contributed by atoms with Crippen LogP contribution in [0.1, 0.15) is 47.2 Å². The molecular weight excluding hydrogens is 482 g/mol. The van der Waals surface area contributed by atoms with Crippen molar-refractivity contribution in [1.29, 1.82) is 0 Å². The van der Waals surface area contributed by atoms with Crippen molar-refractivity contribution in [2.75, 3.05) is 7.11 Å². The third kappa shape index (κ3) is 4.71. The van der Waals surface area contributed by atoms with Gasteiger partial charge in [-0.3, -0.25) is 0 Å². The predicted molar refractivity (Wildman–Crippen MR) is 130 cm³/mol. The highest BCUT2D eigenvalue weighted by molar-refractivity contribution is 9.10. The van der Waals surface area contributed by atoms with Crippen LogP contribution in [0.2, 0.25) is 0 Å². The molecule has 1 aliphatic carbocycles. The van der Waals surface area contributed by atoms with Crippen molar-refractivity contribution in [1.82, 2.24) is 5.32 Å². The number of fused-ring (bicyclic) bond motifs is 2. The van der Waals surface area contributed by atoms with E-state index < -0.39 is 18.3 Å². The lowest BCUT2D eigenvalue weighted by Crippen LogP contribution is -2.39. The summed E-state index contributed by atoms with van der Waals surface area (Å²) >= 11 is 3.53. The first-order valence-corrected chi connectivity index (χ1v) is 12.0. The van der Waals surface area contributed by atoms with Gasteiger partial charge in [-0.1, -0.05) is 52.3 Å². The van der Waals surface area contributed by atoms with E-state index >= 15 is 0 Å². The Labute approximate surface area is 202 Å². The number of alkyl carbamates (subject to hydrolysis) is 1. The van der Waals surface area contributed by atoms with Gasteiger partial charge in [0, 0.05) is 10.9 Å². The molecule has 0 fully saturated rings. The van der Waals surface area contributed by atoms with Crippen LogP contribution in [0.3, 0.4) is 0 Å². The number of benzene rings is 3. The molecule has 5 nitrogen and oxygen atoms in total. The summed E-state index contributed by atoms with van der Waals surface area (Å²) in [6, 6.07) is 21.9. The normalized spacial score (nSPS) is 21.2. The maximum atomic E-state index is 13.0. The van der Waals surface area contributed by atoms with E-state index in [4.69, 9.17) is 14.2 Å². The maximum Gasteiger partial charge on any atom is 0.408 e. The summed E-state index contributed by atoms with van der Waals surface area (Å²) in [6.07, 6.45) is 2.23. The van der Waals surface area contributed by atoms with E-state index in [0.29, 0.717) is 6.42 Å². The molecule has 5 rings (SSSR count). The Bertz CT molecular complexity index is 1160. The fourth-order valence-corrected chi connectivity index (χ4v) is 5.19. The first-order valence-electron chi connectivity index (χ1n) is 11.2. The number of nitrogens with one attached hydrogen (secondary N) is 1. The number of amides is 1. The molecule has 0 spiro atoms. The van der Waals surface area contributed by atoms with Crippen molar-refractivity contribution >= 4 is 22.0 Å². The molecule has 0 radical (unpaired) electrons. The van der Waals surface area contributed by atoms with E-state index in [1.807, 2.05) is 54.6 Å². The molecule has 2 aliphatic rings. The molecule has 1 aliphatic heterocycles. The van der Waals surface area contributed by atoms with Gasteiger partial charge in [-0.15, -0.1) is 0 Å². The number of carbonyl (C=O) groups is 1. The van der Waals surface area contributed by atoms with E-state index in [2.05, 4.69) is 33.4 Å². The third-order valence-corrected chi connectivity index (χ3v) is 6.87. The summed E-state index contributed by atoms with van der Waals surface area (Å²) in [4.78, 5) is 13.0. The molecule has 6 heteroatoms. The molecule has 0 saturated carbocycles. The lowest BCUT2D eigenvalue weighted by atomic mass is 9.88. The zero-order valence-electron chi connectivity index (χ0n) is 18.4. The van der Waals surface area contributed by atoms with Crippen LogP contribution < -0.4 is 14.8 Å². The third-order valence-electron chi connectivity index (χ3n) is 6.38. The zero-order valence-corrected chi connectivity index (χ0v) is 20.0. The van der Waals surface area contributed by atoms with E-state index in [9.17, 15) is 4.79 Å². The Balaban J connectivity index is 1.39. The molecule has 0 saturated heterocycles. The van der Waals surface area contributed by atoms with Gasteiger partial charge in [0.1, 0.15) is 17.6 Å². The monoisotopic (exact) mass is 507 g/mol. The fraction of sp³-hybridized carbons (Fsp3) is 0.296. The Morgan fingerprint density at radius 1 is 1.06 bits per heavy atom. The molecule has 1 heterocycles. The lowest BCUT2D eigenvalue weighted by molar-refractivity contribution is 0.00179. The number of ether oxygens (including phenoxy) is 3. The highest BCUT2D eigenvalue weighted by atomic mass is 79.9. The molecule has 3 aromatic carbocycles. The van der Waals surface area contributed by atoms with Gasteiger partial charge in [-0.25, -0.2) is 4.79 Å². The standard InChI is InChI=1S/C27H26BrNO4/c1-31-21-9-4-8-18(15-21)26-25(16-19-14-20(28)12-13-24(19)32-26)33-27(30)29-23-11-5-7-17-6-2-3-10-22(17)23/h2-4,6,8-10,12-15,23,25-26H,5,7,11,16H2,1H3,(H,29,30)/t23-,25+,26-/m0/s1. The van der Waals surface area contributed by atoms with Crippen LogP contribution in [0.15, 0.2) is 71.2 Å². The predicted octanol–water partition coefficient (Wildman–Crippen LogP) is 6.31. The van der Waals surface area contributed by atoms with Crippen LogP contribution in [0, 0.1) is 0 Å². The van der Waals surface area contributed by atoms with Crippen LogP contribution in [0.5, 0.6) is 11.5 Å². The van der Waals surface area contributed by atoms with Gasteiger partial charge in [0.15, 0.2) is 6.10 Å². The average molecular weight is 508 g/mol. The van der Waals surface area contributed by atoms with Crippen molar-refractivity contribution < 1.29 is 19.0 Å². The van der Waals surface area contributed by atoms with Gasteiger partial charge in [-0.05, 0) is 71.8 Å². The number of hydrogen-bond donors (Lipinski definition) is 1. The summed E-state index contributed by atoms with van der Waals surface area (Å²) in [6.45, 7) is 0. The number of carbonyl (C=O) groups excluding carboxylic acids is 1. The summed E-state index contributed by atoms with van der Waals surface area (Å²) in [5.74, 6) is 1.53. The van der Waals surface area contributed by atoms with E-state index in [0.717, 1.165) is 46.4 Å². The topological polar surface area (TPSA) is 56.8 Å². The van der Waals surface area contributed by atoms with Crippen molar-refractivity contribution in [3.8, 4) is 11.5 Å². The Morgan fingerprint density at radius 3 is 2.82 bits per heavy atom. The summed E-state index contributed by atoms with van der Waals surface area (Å²) < 4.78 is 18.7. The van der Waals surface area contributed by atoms with Gasteiger partial charge < -0.3 is 19.5 Å². The summed E-state index contributed by atoms with van der Waals surface area (Å²) in [7, 11) is 1.64. The average Bonchev–Trinajstić information content (AvgIpc) is 2.84. The number of halogens is 1. The van der Waals surface area contributed by atoms with Crippen molar-refractivity contribution in [3.05, 3.63) is 93.5 Å². The number of methoxy groups -OCH3 is 1. The van der Waals surface area contributed by atoms with Gasteiger partial charge in [0.2, 0.25) is 0 Å². The van der Waals surface area contributed by atoms with Gasteiger partial charge in [0.25, 0.3) is 0 Å². The SMILES string of the molecule is COc1cccc([C@@H]2Oc3ccc(Br)cc3C[C@H]2OC(=O)N[C@H]2CCCc3ccccc32)c1. The Morgan fingerprint density at radius 2 is 1.94 bits per heavy atom. The minimum Gasteiger partial charge on any atom is -0.497 e. The van der Waals surface area contributed by atoms with Crippen LogP contribution >= 0.6 is 15.9 Å². The van der Waals surface area contributed by atoms with E-state index in [-0.39, 0.29) is 6.04 Å². The fourth-order valence-electron chi connectivity index (χ4n) is 4.78. The van der Waals surface area contributed by atoms with Gasteiger partial charge >= 0.3 is 6.09 Å². The molecule has 3 aromatic rings. The molecule has 33 heavy (non-hydrogen) atoms. The van der Waals surface area contributed by atoms with E-state index in [1.165, 1.54) is 11.1 Å². The van der Waals surface area contributed by atoms with Crippen LogP contribution in [-0.4, -0.2) is 19.3 Å². The smallest absolute Gasteiger partial charge is 0.408 e. The van der Waals surface area contributed by atoms with Crippen LogP contribution in [0.4, 0.5) is 4.79 Å². The van der Waals surface area contributed by atoms with Crippen LogP contribution in [0.25, 0.3) is 0 Å². The molecule has 0 unspecified atom stereocenters. The van der Waals surface area contributed by atoms with Crippen molar-refractivity contribution in [2.45, 2.75) is 43.9 Å². The second kappa shape index (κ2) is 9.48. The first-order chi connectivity index (χ1) is 16.1. The van der Waals surface area contributed by atoms with Gasteiger partial charge in [-0.2, -0.15) is 0 Å². The van der Waals surface area contributed by atoms with Crippen LogP contribution in [-0.2, 0) is 17.6 Å². The molecule has 1 N–H and O–H groups in total. The number of hydrogen-bond acceptors (Lipinski definition) is 4. The second-order valence-electron chi connectivity index (χ2n) is 8.50. The highest BCUT2D eigenvalue weighted by Gasteiger charge is 2.35. The van der Waals surface area contributed by atoms with Crippen molar-refractivity contribution in [3.63, 3.8) is 0 Å². The minimum atomic E-state index is -0.474. The van der Waals surface area contributed by atoms with E-state index in [1.54, 1.807) is 7.11 Å². The minimum absolute atomic E-state index is 0.0383. The zero-order chi connectivity index (χ0) is 22.8. The largest absolute Gasteiger partial charge is 0.497 e. The summed E-state index contributed by atoms with van der Waals surface area (Å²) in [5.41, 5.74) is 4.38. The molecule has 0 bridgehead atoms. The number of aryl methyl sites for hydroxylation is 1. The van der Waals surface area contributed by atoms with Crippen molar-refractivity contribution in [2.24, 2.45) is 0 Å². The first kappa shape index (κ1) is 21.8. The molecule has 170 valence electrons.